The molecule has 1 aliphatic carbocycles. The second-order valence-corrected chi connectivity index (χ2v) is 5.89. The molecule has 1 fully saturated rings. The summed E-state index contributed by atoms with van der Waals surface area (Å²) >= 11 is 0. The summed E-state index contributed by atoms with van der Waals surface area (Å²) in [6.45, 7) is 1.24. The van der Waals surface area contributed by atoms with E-state index in [9.17, 15) is 9.59 Å². The molecule has 0 atom stereocenters. The van der Waals surface area contributed by atoms with Gasteiger partial charge in [0.1, 0.15) is 0 Å². The predicted octanol–water partition coefficient (Wildman–Crippen LogP) is 2.86. The molecule has 0 bridgehead atoms. The molecule has 2 N–H and O–H groups in total. The molecular formula is C19H20N2O2. The highest BCUT2D eigenvalue weighted by atomic mass is 16.2. The Hall–Kier alpha value is -2.46. The maximum Gasteiger partial charge on any atom is 0.238 e. The highest BCUT2D eigenvalue weighted by Crippen LogP contribution is 2.27. The highest BCUT2D eigenvalue weighted by Gasteiger charge is 2.20. The van der Waals surface area contributed by atoms with Gasteiger partial charge in [0.25, 0.3) is 0 Å². The number of carbonyl (C=O) groups excluding carboxylic acids is 2. The van der Waals surface area contributed by atoms with Crippen molar-refractivity contribution in [2.75, 3.05) is 18.4 Å². The Morgan fingerprint density at radius 1 is 0.913 bits per heavy atom. The Kier molecular flexibility index (Phi) is 4.83. The molecule has 2 aromatic rings. The van der Waals surface area contributed by atoms with Crippen LogP contribution in [0.25, 0.3) is 0 Å². The molecule has 4 nitrogen and oxygen atoms in total. The van der Waals surface area contributed by atoms with Crippen LogP contribution >= 0.6 is 0 Å². The molecule has 1 amide bonds. The van der Waals surface area contributed by atoms with Gasteiger partial charge in [-0.25, -0.2) is 0 Å². The van der Waals surface area contributed by atoms with Crippen molar-refractivity contribution < 1.29 is 9.59 Å². The summed E-state index contributed by atoms with van der Waals surface area (Å²) in [5.74, 6) is 0.674. The van der Waals surface area contributed by atoms with Gasteiger partial charge in [-0.15, -0.1) is 0 Å². The van der Waals surface area contributed by atoms with Gasteiger partial charge in [0.05, 0.1) is 6.54 Å². The van der Waals surface area contributed by atoms with Crippen LogP contribution in [0, 0.1) is 5.92 Å². The summed E-state index contributed by atoms with van der Waals surface area (Å²) in [6, 6.07) is 16.2. The minimum absolute atomic E-state index is 0.0189. The molecule has 0 saturated heterocycles. The van der Waals surface area contributed by atoms with E-state index < -0.39 is 0 Å². The lowest BCUT2D eigenvalue weighted by molar-refractivity contribution is -0.115. The van der Waals surface area contributed by atoms with Crippen molar-refractivity contribution in [2.45, 2.75) is 12.8 Å². The van der Waals surface area contributed by atoms with Crippen LogP contribution in [0.15, 0.2) is 54.6 Å². The van der Waals surface area contributed by atoms with Crippen molar-refractivity contribution in [3.05, 3.63) is 65.7 Å². The third-order valence-corrected chi connectivity index (χ3v) is 3.88. The summed E-state index contributed by atoms with van der Waals surface area (Å²) in [4.78, 5) is 24.1. The van der Waals surface area contributed by atoms with Crippen molar-refractivity contribution >= 4 is 17.4 Å². The number of anilines is 1. The maximum absolute atomic E-state index is 12.3. The van der Waals surface area contributed by atoms with Crippen LogP contribution in [-0.4, -0.2) is 24.8 Å². The van der Waals surface area contributed by atoms with E-state index in [1.165, 1.54) is 12.8 Å². The summed E-state index contributed by atoms with van der Waals surface area (Å²) in [6.07, 6.45) is 2.54. The van der Waals surface area contributed by atoms with Crippen LogP contribution in [-0.2, 0) is 4.79 Å². The lowest BCUT2D eigenvalue weighted by Crippen LogP contribution is -2.29. The first-order valence-corrected chi connectivity index (χ1v) is 7.93. The third-order valence-electron chi connectivity index (χ3n) is 3.88. The monoisotopic (exact) mass is 308 g/mol. The lowest BCUT2D eigenvalue weighted by atomic mass is 10.0. The zero-order chi connectivity index (χ0) is 16.1. The largest absolute Gasteiger partial charge is 0.325 e. The second kappa shape index (κ2) is 7.20. The number of nitrogens with one attached hydrogen (secondary N) is 2. The van der Waals surface area contributed by atoms with Gasteiger partial charge in [0, 0.05) is 16.8 Å². The van der Waals surface area contributed by atoms with Crippen molar-refractivity contribution in [1.82, 2.24) is 5.32 Å². The molecule has 0 aliphatic heterocycles. The fourth-order valence-electron chi connectivity index (χ4n) is 2.38. The van der Waals surface area contributed by atoms with Crippen LogP contribution < -0.4 is 10.6 Å². The first kappa shape index (κ1) is 15.4. The molecule has 3 rings (SSSR count). The lowest BCUT2D eigenvalue weighted by Gasteiger charge is -2.07. The van der Waals surface area contributed by atoms with Crippen molar-refractivity contribution in [3.8, 4) is 0 Å². The summed E-state index contributed by atoms with van der Waals surface area (Å²) in [5.41, 5.74) is 1.97. The number of rotatable bonds is 7. The SMILES string of the molecule is O=C(CNCC1CC1)Nc1ccc(C(=O)c2ccccc2)cc1. The molecule has 23 heavy (non-hydrogen) atoms. The van der Waals surface area contributed by atoms with Gasteiger partial charge in [-0.1, -0.05) is 30.3 Å². The van der Waals surface area contributed by atoms with E-state index in [0.29, 0.717) is 23.4 Å². The Morgan fingerprint density at radius 2 is 1.57 bits per heavy atom. The highest BCUT2D eigenvalue weighted by molar-refractivity contribution is 6.09. The molecule has 2 aromatic carbocycles. The van der Waals surface area contributed by atoms with Gasteiger partial charge in [-0.2, -0.15) is 0 Å². The summed E-state index contributed by atoms with van der Waals surface area (Å²) < 4.78 is 0. The van der Waals surface area contributed by atoms with E-state index in [0.717, 1.165) is 12.5 Å². The fraction of sp³-hybridized carbons (Fsp3) is 0.263. The van der Waals surface area contributed by atoms with Gasteiger partial charge in [-0.05, 0) is 49.6 Å². The Labute approximate surface area is 135 Å². The minimum atomic E-state index is -0.0622. The van der Waals surface area contributed by atoms with Crippen LogP contribution in [0.1, 0.15) is 28.8 Å². The zero-order valence-corrected chi connectivity index (χ0v) is 12.9. The van der Waals surface area contributed by atoms with Gasteiger partial charge in [0.2, 0.25) is 5.91 Å². The fourth-order valence-corrected chi connectivity index (χ4v) is 2.38. The van der Waals surface area contributed by atoms with Gasteiger partial charge < -0.3 is 10.6 Å². The molecule has 0 unspecified atom stereocenters. The Morgan fingerprint density at radius 3 is 2.22 bits per heavy atom. The number of amides is 1. The molecule has 0 aromatic heterocycles. The number of hydrogen-bond acceptors (Lipinski definition) is 3. The first-order chi connectivity index (χ1) is 11.2. The first-order valence-electron chi connectivity index (χ1n) is 7.93. The number of benzene rings is 2. The average molecular weight is 308 g/mol. The minimum Gasteiger partial charge on any atom is -0.325 e. The van der Waals surface area contributed by atoms with Gasteiger partial charge >= 0.3 is 0 Å². The Bertz CT molecular complexity index is 676. The van der Waals surface area contributed by atoms with E-state index in [1.54, 1.807) is 36.4 Å². The quantitative estimate of drug-likeness (QED) is 0.773. The van der Waals surface area contributed by atoms with Crippen molar-refractivity contribution in [3.63, 3.8) is 0 Å². The van der Waals surface area contributed by atoms with Crippen LogP contribution in [0.2, 0.25) is 0 Å². The number of ketones is 1. The molecule has 118 valence electrons. The Balaban J connectivity index is 1.54. The average Bonchev–Trinajstić information content (AvgIpc) is 3.40. The van der Waals surface area contributed by atoms with E-state index in [-0.39, 0.29) is 11.7 Å². The van der Waals surface area contributed by atoms with Gasteiger partial charge in [0.15, 0.2) is 5.78 Å². The van der Waals surface area contributed by atoms with Crippen LogP contribution in [0.5, 0.6) is 0 Å². The van der Waals surface area contributed by atoms with E-state index in [2.05, 4.69) is 10.6 Å². The van der Waals surface area contributed by atoms with E-state index in [4.69, 9.17) is 0 Å². The maximum atomic E-state index is 12.3. The smallest absolute Gasteiger partial charge is 0.238 e. The molecule has 0 heterocycles. The van der Waals surface area contributed by atoms with E-state index >= 15 is 0 Å². The number of hydrogen-bond donors (Lipinski definition) is 2. The molecule has 4 heteroatoms. The van der Waals surface area contributed by atoms with Gasteiger partial charge in [-0.3, -0.25) is 9.59 Å². The molecule has 0 radical (unpaired) electrons. The standard InChI is InChI=1S/C19H20N2O2/c22-18(13-20-12-14-6-7-14)21-17-10-8-16(9-11-17)19(23)15-4-2-1-3-5-15/h1-5,8-11,14,20H,6-7,12-13H2,(H,21,22). The number of carbonyl (C=O) groups is 2. The zero-order valence-electron chi connectivity index (χ0n) is 12.9. The van der Waals surface area contributed by atoms with Crippen LogP contribution in [0.3, 0.4) is 0 Å². The summed E-state index contributed by atoms with van der Waals surface area (Å²) in [7, 11) is 0. The van der Waals surface area contributed by atoms with Crippen molar-refractivity contribution in [1.29, 1.82) is 0 Å². The van der Waals surface area contributed by atoms with E-state index in [1.807, 2.05) is 18.2 Å². The topological polar surface area (TPSA) is 58.2 Å². The third kappa shape index (κ3) is 4.50. The van der Waals surface area contributed by atoms with Crippen LogP contribution in [0.4, 0.5) is 5.69 Å². The summed E-state index contributed by atoms with van der Waals surface area (Å²) in [5, 5.41) is 5.98. The molecule has 1 aliphatic rings. The van der Waals surface area contributed by atoms with Crippen molar-refractivity contribution in [2.24, 2.45) is 5.92 Å². The molecular weight excluding hydrogens is 288 g/mol. The second-order valence-electron chi connectivity index (χ2n) is 5.89. The molecule has 1 saturated carbocycles. The predicted molar refractivity (Wildman–Crippen MR) is 90.5 cm³/mol. The molecule has 0 spiro atoms. The normalized spacial score (nSPS) is 13.6.